The number of carbonyl (C=O) groups excluding carboxylic acids is 1. The van der Waals surface area contributed by atoms with E-state index < -0.39 is 0 Å². The molecule has 1 heterocycles. The largest absolute Gasteiger partial charge is 0.322 e. The van der Waals surface area contributed by atoms with Crippen LogP contribution in [0.25, 0.3) is 5.69 Å². The molecule has 6 heteroatoms. The molecule has 0 aliphatic carbocycles. The molecule has 3 aromatic rings. The van der Waals surface area contributed by atoms with Crippen LogP contribution in [0.3, 0.4) is 0 Å². The summed E-state index contributed by atoms with van der Waals surface area (Å²) in [6.45, 7) is 3.76. The highest BCUT2D eigenvalue weighted by Crippen LogP contribution is 2.22. The molecule has 0 saturated carbocycles. The van der Waals surface area contributed by atoms with Crippen molar-refractivity contribution in [3.8, 4) is 5.69 Å². The standard InChI is InChI=1S/C18H15Cl2N3O/c1-11-3-4-14(20)9-17(11)22-18(24)16-10-21-23(12(16)2)15-7-5-13(19)6-8-15/h3-10H,1-2H3,(H,22,24). The minimum atomic E-state index is -0.224. The Hall–Kier alpha value is -2.30. The number of amides is 1. The van der Waals surface area contributed by atoms with Crippen LogP contribution in [0.4, 0.5) is 5.69 Å². The fourth-order valence-corrected chi connectivity index (χ4v) is 2.69. The lowest BCUT2D eigenvalue weighted by Gasteiger charge is -2.09. The molecule has 1 aromatic heterocycles. The van der Waals surface area contributed by atoms with Gasteiger partial charge in [0.25, 0.3) is 5.91 Å². The molecule has 0 fully saturated rings. The summed E-state index contributed by atoms with van der Waals surface area (Å²) in [6.07, 6.45) is 1.55. The monoisotopic (exact) mass is 359 g/mol. The molecule has 1 N–H and O–H groups in total. The van der Waals surface area contributed by atoms with Crippen LogP contribution in [0.15, 0.2) is 48.7 Å². The normalized spacial score (nSPS) is 10.7. The Labute approximate surface area is 150 Å². The van der Waals surface area contributed by atoms with Crippen molar-refractivity contribution in [3.05, 3.63) is 75.5 Å². The predicted molar refractivity (Wildman–Crippen MR) is 97.5 cm³/mol. The summed E-state index contributed by atoms with van der Waals surface area (Å²) in [4.78, 5) is 12.6. The van der Waals surface area contributed by atoms with Gasteiger partial charge in [-0.05, 0) is 55.8 Å². The molecule has 122 valence electrons. The van der Waals surface area contributed by atoms with Gasteiger partial charge in [0.2, 0.25) is 0 Å². The summed E-state index contributed by atoms with van der Waals surface area (Å²) in [7, 11) is 0. The van der Waals surface area contributed by atoms with E-state index in [1.54, 1.807) is 35.1 Å². The van der Waals surface area contributed by atoms with Gasteiger partial charge >= 0.3 is 0 Å². The SMILES string of the molecule is Cc1ccc(Cl)cc1NC(=O)c1cnn(-c2ccc(Cl)cc2)c1C. The molecule has 4 nitrogen and oxygen atoms in total. The van der Waals surface area contributed by atoms with Gasteiger partial charge in [0.05, 0.1) is 23.1 Å². The quantitative estimate of drug-likeness (QED) is 0.711. The van der Waals surface area contributed by atoms with Crippen LogP contribution in [0.1, 0.15) is 21.6 Å². The zero-order valence-corrected chi connectivity index (χ0v) is 14.7. The molecule has 0 spiro atoms. The van der Waals surface area contributed by atoms with Crippen molar-refractivity contribution in [3.63, 3.8) is 0 Å². The lowest BCUT2D eigenvalue weighted by atomic mass is 10.2. The van der Waals surface area contributed by atoms with Gasteiger partial charge in [-0.15, -0.1) is 0 Å². The van der Waals surface area contributed by atoms with E-state index in [0.29, 0.717) is 21.3 Å². The Morgan fingerprint density at radius 3 is 2.42 bits per heavy atom. The smallest absolute Gasteiger partial charge is 0.259 e. The molecule has 2 aromatic carbocycles. The number of nitrogens with zero attached hydrogens (tertiary/aromatic N) is 2. The fourth-order valence-electron chi connectivity index (χ4n) is 2.39. The first-order chi connectivity index (χ1) is 11.5. The van der Waals surface area contributed by atoms with Gasteiger partial charge < -0.3 is 5.32 Å². The fraction of sp³-hybridized carbons (Fsp3) is 0.111. The number of benzene rings is 2. The molecule has 3 rings (SSSR count). The van der Waals surface area contributed by atoms with E-state index >= 15 is 0 Å². The van der Waals surface area contributed by atoms with Gasteiger partial charge in [-0.2, -0.15) is 5.10 Å². The number of hydrogen-bond donors (Lipinski definition) is 1. The number of aromatic nitrogens is 2. The summed E-state index contributed by atoms with van der Waals surface area (Å²) >= 11 is 11.9. The van der Waals surface area contributed by atoms with Crippen molar-refractivity contribution in [2.75, 3.05) is 5.32 Å². The molecule has 0 atom stereocenters. The van der Waals surface area contributed by atoms with Crippen LogP contribution in [0.5, 0.6) is 0 Å². The van der Waals surface area contributed by atoms with Crippen molar-refractivity contribution >= 4 is 34.8 Å². The Morgan fingerprint density at radius 2 is 1.71 bits per heavy atom. The lowest BCUT2D eigenvalue weighted by Crippen LogP contribution is -2.14. The molecule has 0 saturated heterocycles. The number of carbonyl (C=O) groups is 1. The zero-order valence-electron chi connectivity index (χ0n) is 13.2. The van der Waals surface area contributed by atoms with Gasteiger partial charge in [-0.3, -0.25) is 4.79 Å². The summed E-state index contributed by atoms with van der Waals surface area (Å²) in [5.74, 6) is -0.224. The van der Waals surface area contributed by atoms with Crippen molar-refractivity contribution in [1.82, 2.24) is 9.78 Å². The lowest BCUT2D eigenvalue weighted by molar-refractivity contribution is 0.102. The molecule has 0 radical (unpaired) electrons. The molecular weight excluding hydrogens is 345 g/mol. The minimum Gasteiger partial charge on any atom is -0.322 e. The van der Waals surface area contributed by atoms with Crippen LogP contribution < -0.4 is 5.32 Å². The van der Waals surface area contributed by atoms with Crippen molar-refractivity contribution in [1.29, 1.82) is 0 Å². The van der Waals surface area contributed by atoms with Crippen molar-refractivity contribution in [2.24, 2.45) is 0 Å². The number of rotatable bonds is 3. The first kappa shape index (κ1) is 16.6. The first-order valence-corrected chi connectivity index (χ1v) is 8.09. The van der Waals surface area contributed by atoms with E-state index in [9.17, 15) is 4.79 Å². The Bertz CT molecular complexity index is 901. The van der Waals surface area contributed by atoms with E-state index in [2.05, 4.69) is 10.4 Å². The van der Waals surface area contributed by atoms with Crippen LogP contribution in [-0.4, -0.2) is 15.7 Å². The van der Waals surface area contributed by atoms with Gasteiger partial charge in [0, 0.05) is 15.7 Å². The van der Waals surface area contributed by atoms with E-state index in [0.717, 1.165) is 16.9 Å². The second-order valence-corrected chi connectivity index (χ2v) is 6.32. The van der Waals surface area contributed by atoms with Crippen LogP contribution >= 0.6 is 23.2 Å². The number of hydrogen-bond acceptors (Lipinski definition) is 2. The minimum absolute atomic E-state index is 0.224. The highest BCUT2D eigenvalue weighted by atomic mass is 35.5. The zero-order chi connectivity index (χ0) is 17.3. The average Bonchev–Trinajstić information content (AvgIpc) is 2.93. The molecule has 24 heavy (non-hydrogen) atoms. The summed E-state index contributed by atoms with van der Waals surface area (Å²) in [5, 5.41) is 8.41. The number of aryl methyl sites for hydroxylation is 1. The molecule has 0 bridgehead atoms. The number of nitrogens with one attached hydrogen (secondary N) is 1. The van der Waals surface area contributed by atoms with Gasteiger partial charge in [-0.25, -0.2) is 4.68 Å². The van der Waals surface area contributed by atoms with Crippen LogP contribution in [-0.2, 0) is 0 Å². The summed E-state index contributed by atoms with van der Waals surface area (Å²) in [5.41, 5.74) is 3.72. The van der Waals surface area contributed by atoms with Crippen LogP contribution in [0.2, 0.25) is 10.0 Å². The van der Waals surface area contributed by atoms with E-state index in [-0.39, 0.29) is 5.91 Å². The average molecular weight is 360 g/mol. The Morgan fingerprint density at radius 1 is 1.04 bits per heavy atom. The highest BCUT2D eigenvalue weighted by Gasteiger charge is 2.16. The number of anilines is 1. The maximum absolute atomic E-state index is 12.6. The first-order valence-electron chi connectivity index (χ1n) is 7.34. The second kappa shape index (κ2) is 6.67. The Kier molecular flexibility index (Phi) is 4.60. The number of halogens is 2. The summed E-state index contributed by atoms with van der Waals surface area (Å²) in [6, 6.07) is 12.7. The third-order valence-corrected chi connectivity index (χ3v) is 4.26. The van der Waals surface area contributed by atoms with E-state index in [1.807, 2.05) is 32.0 Å². The molecule has 0 aliphatic heterocycles. The topological polar surface area (TPSA) is 46.9 Å². The maximum atomic E-state index is 12.6. The van der Waals surface area contributed by atoms with Crippen molar-refractivity contribution < 1.29 is 4.79 Å². The highest BCUT2D eigenvalue weighted by molar-refractivity contribution is 6.31. The molecule has 0 unspecified atom stereocenters. The third kappa shape index (κ3) is 3.30. The van der Waals surface area contributed by atoms with Gasteiger partial charge in [0.1, 0.15) is 0 Å². The molecule has 0 aliphatic rings. The van der Waals surface area contributed by atoms with Gasteiger partial charge in [-0.1, -0.05) is 29.3 Å². The molecular formula is C18H15Cl2N3O. The Balaban J connectivity index is 1.89. The predicted octanol–water partition coefficient (Wildman–Crippen LogP) is 5.05. The van der Waals surface area contributed by atoms with Crippen molar-refractivity contribution in [2.45, 2.75) is 13.8 Å². The van der Waals surface area contributed by atoms with E-state index in [1.165, 1.54) is 0 Å². The summed E-state index contributed by atoms with van der Waals surface area (Å²) < 4.78 is 1.70. The van der Waals surface area contributed by atoms with Gasteiger partial charge in [0.15, 0.2) is 0 Å². The van der Waals surface area contributed by atoms with E-state index in [4.69, 9.17) is 23.2 Å². The second-order valence-electron chi connectivity index (χ2n) is 5.45. The molecule has 1 amide bonds. The maximum Gasteiger partial charge on any atom is 0.259 e. The van der Waals surface area contributed by atoms with Crippen LogP contribution in [0, 0.1) is 13.8 Å². The third-order valence-electron chi connectivity index (χ3n) is 3.77.